The second-order valence-corrected chi connectivity index (χ2v) is 6.57. The van der Waals surface area contributed by atoms with E-state index in [0.717, 1.165) is 30.8 Å². The first-order valence-electron chi connectivity index (χ1n) is 8.41. The first-order valence-corrected chi connectivity index (χ1v) is 8.41. The molecule has 1 atom stereocenters. The Kier molecular flexibility index (Phi) is 4.79. The first-order chi connectivity index (χ1) is 11.1. The van der Waals surface area contributed by atoms with E-state index in [1.54, 1.807) is 6.20 Å². The Hall–Kier alpha value is -2.10. The maximum Gasteiger partial charge on any atom is 0.223 e. The van der Waals surface area contributed by atoms with Gasteiger partial charge in [0.15, 0.2) is 11.7 Å². The molecule has 0 saturated carbocycles. The molecule has 0 bridgehead atoms. The minimum Gasteiger partial charge on any atom is -0.441 e. The Morgan fingerprint density at radius 2 is 2.13 bits per heavy atom. The summed E-state index contributed by atoms with van der Waals surface area (Å²) in [7, 11) is 0. The van der Waals surface area contributed by atoms with Crippen molar-refractivity contribution in [1.82, 2.24) is 9.88 Å². The van der Waals surface area contributed by atoms with Crippen molar-refractivity contribution in [1.29, 1.82) is 0 Å². The quantitative estimate of drug-likeness (QED) is 0.861. The van der Waals surface area contributed by atoms with Crippen LogP contribution in [0.3, 0.4) is 0 Å². The van der Waals surface area contributed by atoms with Crippen molar-refractivity contribution in [2.75, 3.05) is 13.1 Å². The normalized spacial score (nSPS) is 18.2. The first kappa shape index (κ1) is 15.8. The van der Waals surface area contributed by atoms with Crippen LogP contribution in [0.15, 0.2) is 34.9 Å². The van der Waals surface area contributed by atoms with Crippen LogP contribution in [-0.4, -0.2) is 28.9 Å². The van der Waals surface area contributed by atoms with Crippen LogP contribution in [-0.2, 0) is 11.2 Å². The zero-order valence-electron chi connectivity index (χ0n) is 13.9. The lowest BCUT2D eigenvalue weighted by atomic mass is 10.00. The number of carbonyl (C=O) groups is 1. The molecule has 1 aliphatic rings. The lowest BCUT2D eigenvalue weighted by Gasteiger charge is -2.30. The molecule has 4 heteroatoms. The summed E-state index contributed by atoms with van der Waals surface area (Å²) in [5, 5.41) is 0. The Bertz CT molecular complexity index is 660. The van der Waals surface area contributed by atoms with E-state index in [0.29, 0.717) is 24.7 Å². The Balaban J connectivity index is 1.56. The molecule has 0 spiro atoms. The highest BCUT2D eigenvalue weighted by atomic mass is 16.4. The van der Waals surface area contributed by atoms with Gasteiger partial charge in [0.25, 0.3) is 0 Å². The number of benzene rings is 1. The lowest BCUT2D eigenvalue weighted by Crippen LogP contribution is -2.39. The van der Waals surface area contributed by atoms with Crippen LogP contribution in [0.1, 0.15) is 37.6 Å². The standard InChI is InChI=1S/C19H24N2O2/c1-14-5-7-16(8-6-14)17-12-20-18(23-17)9-10-19(22)21-11-3-4-15(2)13-21/h5-8,12,15H,3-4,9-11,13H2,1-2H3. The monoisotopic (exact) mass is 312 g/mol. The Morgan fingerprint density at radius 1 is 1.35 bits per heavy atom. The lowest BCUT2D eigenvalue weighted by molar-refractivity contribution is -0.132. The maximum atomic E-state index is 12.3. The number of hydrogen-bond acceptors (Lipinski definition) is 3. The number of nitrogens with zero attached hydrogens (tertiary/aromatic N) is 2. The summed E-state index contributed by atoms with van der Waals surface area (Å²) in [5.41, 5.74) is 2.24. The number of rotatable bonds is 4. The topological polar surface area (TPSA) is 46.3 Å². The Morgan fingerprint density at radius 3 is 2.87 bits per heavy atom. The molecule has 23 heavy (non-hydrogen) atoms. The van der Waals surface area contributed by atoms with E-state index in [1.807, 2.05) is 17.0 Å². The van der Waals surface area contributed by atoms with Crippen molar-refractivity contribution < 1.29 is 9.21 Å². The molecule has 0 aliphatic carbocycles. The zero-order valence-corrected chi connectivity index (χ0v) is 13.9. The van der Waals surface area contributed by atoms with E-state index in [-0.39, 0.29) is 5.91 Å². The molecule has 1 unspecified atom stereocenters. The van der Waals surface area contributed by atoms with Crippen LogP contribution < -0.4 is 0 Å². The summed E-state index contributed by atoms with van der Waals surface area (Å²) in [4.78, 5) is 18.6. The molecular formula is C19H24N2O2. The van der Waals surface area contributed by atoms with Crippen LogP contribution in [0, 0.1) is 12.8 Å². The molecule has 1 amide bonds. The second-order valence-electron chi connectivity index (χ2n) is 6.57. The van der Waals surface area contributed by atoms with Crippen molar-refractivity contribution in [3.8, 4) is 11.3 Å². The molecule has 1 aliphatic heterocycles. The van der Waals surface area contributed by atoms with Crippen LogP contribution >= 0.6 is 0 Å². The van der Waals surface area contributed by atoms with Crippen LogP contribution in [0.2, 0.25) is 0 Å². The van der Waals surface area contributed by atoms with Crippen molar-refractivity contribution >= 4 is 5.91 Å². The molecular weight excluding hydrogens is 288 g/mol. The third kappa shape index (κ3) is 4.01. The molecule has 0 N–H and O–H groups in total. The number of oxazole rings is 1. The molecule has 1 aromatic heterocycles. The van der Waals surface area contributed by atoms with E-state index in [4.69, 9.17) is 4.42 Å². The Labute approximate surface area is 137 Å². The predicted octanol–water partition coefficient (Wildman–Crippen LogP) is 3.84. The smallest absolute Gasteiger partial charge is 0.223 e. The molecule has 4 nitrogen and oxygen atoms in total. The summed E-state index contributed by atoms with van der Waals surface area (Å²) in [5.74, 6) is 2.23. The molecule has 1 saturated heterocycles. The number of carbonyl (C=O) groups excluding carboxylic acids is 1. The van der Waals surface area contributed by atoms with Gasteiger partial charge in [-0.05, 0) is 25.7 Å². The molecule has 1 fully saturated rings. The molecule has 2 heterocycles. The fraction of sp³-hybridized carbons (Fsp3) is 0.474. The van der Waals surface area contributed by atoms with Gasteiger partial charge < -0.3 is 9.32 Å². The highest BCUT2D eigenvalue weighted by molar-refractivity contribution is 5.76. The molecule has 122 valence electrons. The minimum atomic E-state index is 0.214. The van der Waals surface area contributed by atoms with Gasteiger partial charge in [-0.1, -0.05) is 36.8 Å². The van der Waals surface area contributed by atoms with Crippen LogP contribution in [0.4, 0.5) is 0 Å². The van der Waals surface area contributed by atoms with Crippen molar-refractivity contribution in [3.63, 3.8) is 0 Å². The van der Waals surface area contributed by atoms with Crippen LogP contribution in [0.5, 0.6) is 0 Å². The van der Waals surface area contributed by atoms with Crippen molar-refractivity contribution in [2.45, 2.75) is 39.5 Å². The molecule has 0 radical (unpaired) electrons. The number of amides is 1. The average Bonchev–Trinajstić information content (AvgIpc) is 3.02. The number of piperidine rings is 1. The maximum absolute atomic E-state index is 12.3. The second kappa shape index (κ2) is 6.99. The highest BCUT2D eigenvalue weighted by Gasteiger charge is 2.21. The summed E-state index contributed by atoms with van der Waals surface area (Å²) in [6.07, 6.45) is 5.12. The van der Waals surface area contributed by atoms with Crippen molar-refractivity contribution in [3.05, 3.63) is 41.9 Å². The highest BCUT2D eigenvalue weighted by Crippen LogP contribution is 2.22. The summed E-state index contributed by atoms with van der Waals surface area (Å²) >= 11 is 0. The van der Waals surface area contributed by atoms with Gasteiger partial charge in [0, 0.05) is 31.5 Å². The number of hydrogen-bond donors (Lipinski definition) is 0. The van der Waals surface area contributed by atoms with Crippen LogP contribution in [0.25, 0.3) is 11.3 Å². The largest absolute Gasteiger partial charge is 0.441 e. The summed E-state index contributed by atoms with van der Waals surface area (Å²) < 4.78 is 5.79. The molecule has 2 aromatic rings. The van der Waals surface area contributed by atoms with Gasteiger partial charge in [0.05, 0.1) is 6.20 Å². The SMILES string of the molecule is Cc1ccc(-c2cnc(CCC(=O)N3CCCC(C)C3)o2)cc1. The fourth-order valence-electron chi connectivity index (χ4n) is 3.07. The van der Waals surface area contributed by atoms with E-state index >= 15 is 0 Å². The zero-order chi connectivity index (χ0) is 16.2. The van der Waals surface area contributed by atoms with Gasteiger partial charge in [-0.25, -0.2) is 4.98 Å². The number of aromatic nitrogens is 1. The average molecular weight is 312 g/mol. The number of likely N-dealkylation sites (tertiary alicyclic amines) is 1. The number of aryl methyl sites for hydroxylation is 2. The summed E-state index contributed by atoms with van der Waals surface area (Å²) in [6.45, 7) is 6.05. The van der Waals surface area contributed by atoms with Gasteiger partial charge >= 0.3 is 0 Å². The van der Waals surface area contributed by atoms with Crippen molar-refractivity contribution in [2.24, 2.45) is 5.92 Å². The van der Waals surface area contributed by atoms with Gasteiger partial charge in [0.1, 0.15) is 0 Å². The molecule has 3 rings (SSSR count). The summed E-state index contributed by atoms with van der Waals surface area (Å²) in [6, 6.07) is 8.16. The fourth-order valence-corrected chi connectivity index (χ4v) is 3.07. The van der Waals surface area contributed by atoms with Gasteiger partial charge in [-0.15, -0.1) is 0 Å². The third-order valence-corrected chi connectivity index (χ3v) is 4.45. The van der Waals surface area contributed by atoms with Gasteiger partial charge in [0.2, 0.25) is 5.91 Å². The van der Waals surface area contributed by atoms with Gasteiger partial charge in [-0.3, -0.25) is 4.79 Å². The van der Waals surface area contributed by atoms with Gasteiger partial charge in [-0.2, -0.15) is 0 Å². The van der Waals surface area contributed by atoms with E-state index in [9.17, 15) is 4.79 Å². The minimum absolute atomic E-state index is 0.214. The van der Waals surface area contributed by atoms with E-state index in [2.05, 4.69) is 31.0 Å². The predicted molar refractivity (Wildman–Crippen MR) is 90.0 cm³/mol. The third-order valence-electron chi connectivity index (χ3n) is 4.45. The molecule has 1 aromatic carbocycles. The van der Waals surface area contributed by atoms with E-state index in [1.165, 1.54) is 12.0 Å². The van der Waals surface area contributed by atoms with E-state index < -0.39 is 0 Å².